The van der Waals surface area contributed by atoms with Crippen molar-refractivity contribution in [2.24, 2.45) is 0 Å². The second-order valence-electron chi connectivity index (χ2n) is 5.82. The Kier molecular flexibility index (Phi) is 3.46. The fourth-order valence-electron chi connectivity index (χ4n) is 2.87. The van der Waals surface area contributed by atoms with Gasteiger partial charge >= 0.3 is 0 Å². The van der Waals surface area contributed by atoms with Gasteiger partial charge in [-0.25, -0.2) is 9.97 Å². The Hall–Kier alpha value is -3.11. The highest BCUT2D eigenvalue weighted by Crippen LogP contribution is 2.17. The van der Waals surface area contributed by atoms with Crippen LogP contribution >= 0.6 is 12.4 Å². The van der Waals surface area contributed by atoms with E-state index in [4.69, 9.17) is 1.37 Å². The lowest BCUT2D eigenvalue weighted by molar-refractivity contribution is 1.28. The van der Waals surface area contributed by atoms with Gasteiger partial charge in [-0.05, 0) is 72.8 Å². The van der Waals surface area contributed by atoms with Crippen LogP contribution in [0.2, 0.25) is 0 Å². The van der Waals surface area contributed by atoms with E-state index in [9.17, 15) is 0 Å². The third-order valence-corrected chi connectivity index (χ3v) is 3.96. The number of hydrogen-bond donors (Lipinski definition) is 2. The molecule has 0 amide bonds. The molecule has 8 bridgehead atoms. The van der Waals surface area contributed by atoms with Gasteiger partial charge in [-0.1, -0.05) is 0 Å². The van der Waals surface area contributed by atoms with Crippen LogP contribution in [0.1, 0.15) is 24.1 Å². The van der Waals surface area contributed by atoms with Crippen LogP contribution in [0.25, 0.3) is 46.4 Å². The smallest absolute Gasteiger partial charge is 0.0659 e. The van der Waals surface area contributed by atoms with Crippen molar-refractivity contribution in [1.29, 1.82) is 0 Å². The topological polar surface area (TPSA) is 57.4 Å². The molecule has 3 aromatic rings. The Labute approximate surface area is 151 Å². The summed E-state index contributed by atoms with van der Waals surface area (Å²) in [5, 5.41) is 0. The summed E-state index contributed by atoms with van der Waals surface area (Å²) in [4.78, 5) is 15.8. The number of rotatable bonds is 0. The van der Waals surface area contributed by atoms with Gasteiger partial charge in [0.25, 0.3) is 0 Å². The van der Waals surface area contributed by atoms with Gasteiger partial charge < -0.3 is 9.97 Å². The number of nitrogens with one attached hydrogen (secondary N) is 2. The Morgan fingerprint density at radius 1 is 0.600 bits per heavy atom. The molecular formula is C20H15ClN4. The highest BCUT2D eigenvalue weighted by atomic mass is 35.5. The summed E-state index contributed by atoms with van der Waals surface area (Å²) in [5.74, 6) is 0. The van der Waals surface area contributed by atoms with Gasteiger partial charge in [0.1, 0.15) is 0 Å². The van der Waals surface area contributed by atoms with Crippen LogP contribution in [0.3, 0.4) is 0 Å². The lowest BCUT2D eigenvalue weighted by Crippen LogP contribution is -1.77. The van der Waals surface area contributed by atoms with Crippen molar-refractivity contribution in [3.63, 3.8) is 0 Å². The summed E-state index contributed by atoms with van der Waals surface area (Å²) < 4.78 is 8.15. The van der Waals surface area contributed by atoms with Crippen molar-refractivity contribution in [2.45, 2.75) is 0 Å². The number of fused-ring (bicyclic) bond motifs is 8. The maximum atomic E-state index is 8.15. The predicted octanol–water partition coefficient (Wildman–Crippen LogP) is 5.08. The molecule has 5 heteroatoms. The monoisotopic (exact) mass is 347 g/mol. The van der Waals surface area contributed by atoms with Gasteiger partial charge in [0.05, 0.1) is 24.1 Å². The maximum absolute atomic E-state index is 8.15. The van der Waals surface area contributed by atoms with E-state index >= 15 is 0 Å². The Balaban J connectivity index is 0.00000168. The largest absolute Gasteiger partial charge is 0.355 e. The number of aromatic nitrogens is 4. The Morgan fingerprint density at radius 2 is 1.08 bits per heavy atom. The summed E-state index contributed by atoms with van der Waals surface area (Å²) in [6.07, 6.45) is 7.91. The number of halogens is 1. The molecule has 2 aliphatic heterocycles. The molecule has 0 fully saturated rings. The second kappa shape index (κ2) is 6.07. The fraction of sp³-hybridized carbons (Fsp3) is 0. The normalized spacial score (nSPS) is 12.7. The lowest BCUT2D eigenvalue weighted by atomic mass is 10.3. The highest BCUT2D eigenvalue weighted by Gasteiger charge is 2.02. The minimum atomic E-state index is 0. The maximum Gasteiger partial charge on any atom is 0.0659 e. The van der Waals surface area contributed by atoms with Crippen LogP contribution in [-0.4, -0.2) is 19.9 Å². The molecule has 0 atom stereocenters. The van der Waals surface area contributed by atoms with E-state index in [1.807, 2.05) is 66.8 Å². The number of H-pyrrole nitrogens is 2. The molecule has 0 aliphatic carbocycles. The first-order valence-electron chi connectivity index (χ1n) is 8.26. The Morgan fingerprint density at radius 3 is 1.72 bits per heavy atom. The molecule has 2 N–H and O–H groups in total. The van der Waals surface area contributed by atoms with Crippen molar-refractivity contribution in [2.75, 3.05) is 0 Å². The first kappa shape index (κ1) is 14.3. The number of hydrogen-bond acceptors (Lipinski definition) is 2. The molecule has 25 heavy (non-hydrogen) atoms. The van der Waals surface area contributed by atoms with Crippen LogP contribution < -0.4 is 0 Å². The third kappa shape index (κ3) is 3.12. The quantitative estimate of drug-likeness (QED) is 0.410. The predicted molar refractivity (Wildman–Crippen MR) is 106 cm³/mol. The zero-order valence-corrected chi connectivity index (χ0v) is 14.0. The minimum Gasteiger partial charge on any atom is -0.355 e. The number of aromatic amines is 2. The molecule has 3 aromatic heterocycles. The Bertz CT molecular complexity index is 1220. The zero-order chi connectivity index (χ0) is 16.8. The summed E-state index contributed by atoms with van der Waals surface area (Å²) in [6, 6.07) is 14.1. The molecule has 5 heterocycles. The molecule has 2 aliphatic rings. The molecule has 122 valence electrons. The van der Waals surface area contributed by atoms with Crippen LogP contribution in [0.15, 0.2) is 48.5 Å². The van der Waals surface area contributed by atoms with E-state index in [1.165, 1.54) is 0 Å². The lowest BCUT2D eigenvalue weighted by Gasteiger charge is -1.86. The van der Waals surface area contributed by atoms with E-state index in [1.54, 1.807) is 0 Å². The SMILES string of the molecule is Cl.[2H]c1cc2cc3nc(cc4nc(cc5ccc(cc1[nH]2)[nH]5)C=C4)C=C3. The van der Waals surface area contributed by atoms with Crippen molar-refractivity contribution in [3.8, 4) is 0 Å². The van der Waals surface area contributed by atoms with E-state index in [2.05, 4.69) is 19.9 Å². The molecule has 0 unspecified atom stereocenters. The zero-order valence-electron chi connectivity index (χ0n) is 14.2. The van der Waals surface area contributed by atoms with E-state index in [0.717, 1.165) is 44.8 Å². The molecule has 5 rings (SSSR count). The van der Waals surface area contributed by atoms with Crippen LogP contribution in [0.4, 0.5) is 0 Å². The van der Waals surface area contributed by atoms with Crippen molar-refractivity contribution < 1.29 is 1.37 Å². The molecule has 0 saturated carbocycles. The first-order valence-corrected chi connectivity index (χ1v) is 7.76. The highest BCUT2D eigenvalue weighted by molar-refractivity contribution is 5.85. The number of nitrogens with zero attached hydrogens (tertiary/aromatic N) is 2. The standard InChI is InChI=1S/C20H14N4.ClH/c1-2-14-10-16-5-6-18(23-16)12-20-8-7-19(24-20)11-17-4-3-15(22-17)9-13(1)21-14;/h1-12,21-22H;1H/i1D;. The molecule has 4 nitrogen and oxygen atoms in total. The summed E-state index contributed by atoms with van der Waals surface area (Å²) in [7, 11) is 0. The summed E-state index contributed by atoms with van der Waals surface area (Å²) in [5.41, 5.74) is 7.04. The molecule has 0 spiro atoms. The molecule has 0 aromatic carbocycles. The van der Waals surface area contributed by atoms with Gasteiger partial charge in [0.15, 0.2) is 0 Å². The van der Waals surface area contributed by atoms with E-state index < -0.39 is 0 Å². The van der Waals surface area contributed by atoms with Gasteiger partial charge in [-0.15, -0.1) is 12.4 Å². The van der Waals surface area contributed by atoms with Crippen LogP contribution in [-0.2, 0) is 0 Å². The van der Waals surface area contributed by atoms with Crippen molar-refractivity contribution >= 4 is 58.8 Å². The summed E-state index contributed by atoms with van der Waals surface area (Å²) >= 11 is 0. The van der Waals surface area contributed by atoms with Gasteiger partial charge in [-0.3, -0.25) is 0 Å². The fourth-order valence-corrected chi connectivity index (χ4v) is 2.87. The van der Waals surface area contributed by atoms with Gasteiger partial charge in [-0.2, -0.15) is 0 Å². The van der Waals surface area contributed by atoms with Crippen LogP contribution in [0.5, 0.6) is 0 Å². The average molecular weight is 348 g/mol. The van der Waals surface area contributed by atoms with Gasteiger partial charge in [0, 0.05) is 22.1 Å². The van der Waals surface area contributed by atoms with Crippen molar-refractivity contribution in [1.82, 2.24) is 19.9 Å². The van der Waals surface area contributed by atoms with Crippen LogP contribution in [0, 0.1) is 0 Å². The third-order valence-electron chi connectivity index (χ3n) is 3.96. The van der Waals surface area contributed by atoms with Crippen molar-refractivity contribution in [3.05, 3.63) is 71.3 Å². The summed E-state index contributed by atoms with van der Waals surface area (Å²) in [6.45, 7) is 0. The molecular weight excluding hydrogens is 332 g/mol. The van der Waals surface area contributed by atoms with E-state index in [0.29, 0.717) is 6.04 Å². The molecule has 0 saturated heterocycles. The van der Waals surface area contributed by atoms with Gasteiger partial charge in [0.2, 0.25) is 0 Å². The minimum absolute atomic E-state index is 0. The molecule has 0 radical (unpaired) electrons. The van der Waals surface area contributed by atoms with E-state index in [-0.39, 0.29) is 12.4 Å². The average Bonchev–Trinajstić information content (AvgIpc) is 3.33. The second-order valence-corrected chi connectivity index (χ2v) is 5.82. The first-order chi connectivity index (χ1) is 12.2.